The van der Waals surface area contributed by atoms with Gasteiger partial charge in [0.05, 0.1) is 17.8 Å². The summed E-state index contributed by atoms with van der Waals surface area (Å²) in [6.45, 7) is 5.54. The Kier molecular flexibility index (Phi) is 6.37. The smallest absolute Gasteiger partial charge is 0.259 e. The standard InChI is InChI=1S/C28H26BrNO3/c1-4-24(31)26-25(19-8-6-5-7-9-19)23-16-21(29)14-15-22(23)27(32)30(26)17-18-10-12-20(13-11-18)28(2,3)33/h5-16,33H,4,17H2,1-3H3. The lowest BCUT2D eigenvalue weighted by atomic mass is 9.94. The molecule has 0 radical (unpaired) electrons. The number of Topliss-reactive ketones (excluding diaryl/α,β-unsaturated/α-hetero) is 1. The van der Waals surface area contributed by atoms with Crippen LogP contribution >= 0.6 is 15.9 Å². The van der Waals surface area contributed by atoms with E-state index in [0.717, 1.165) is 32.1 Å². The second-order valence-corrected chi connectivity index (χ2v) is 9.62. The predicted octanol–water partition coefficient (Wildman–Crippen LogP) is 6.30. The van der Waals surface area contributed by atoms with Crippen molar-refractivity contribution in [3.63, 3.8) is 0 Å². The average Bonchev–Trinajstić information content (AvgIpc) is 2.80. The summed E-state index contributed by atoms with van der Waals surface area (Å²) >= 11 is 3.52. The summed E-state index contributed by atoms with van der Waals surface area (Å²) in [5.41, 5.74) is 2.61. The lowest BCUT2D eigenvalue weighted by Crippen LogP contribution is -2.28. The van der Waals surface area contributed by atoms with Crippen molar-refractivity contribution in [3.05, 3.63) is 104 Å². The number of fused-ring (bicyclic) bond motifs is 1. The molecule has 5 heteroatoms. The summed E-state index contributed by atoms with van der Waals surface area (Å²) < 4.78 is 2.45. The van der Waals surface area contributed by atoms with Gasteiger partial charge in [-0.1, -0.05) is 77.5 Å². The van der Waals surface area contributed by atoms with Gasteiger partial charge < -0.3 is 5.11 Å². The lowest BCUT2D eigenvalue weighted by Gasteiger charge is -2.21. The van der Waals surface area contributed by atoms with Gasteiger partial charge in [-0.2, -0.15) is 0 Å². The molecule has 4 nitrogen and oxygen atoms in total. The number of hydrogen-bond donors (Lipinski definition) is 1. The molecule has 33 heavy (non-hydrogen) atoms. The lowest BCUT2D eigenvalue weighted by molar-refractivity contribution is 0.0786. The van der Waals surface area contributed by atoms with Gasteiger partial charge in [-0.15, -0.1) is 0 Å². The third-order valence-corrected chi connectivity index (χ3v) is 6.38. The summed E-state index contributed by atoms with van der Waals surface area (Å²) in [5.74, 6) is -0.0825. The quantitative estimate of drug-likeness (QED) is 0.314. The van der Waals surface area contributed by atoms with Crippen LogP contribution in [-0.2, 0) is 12.1 Å². The highest BCUT2D eigenvalue weighted by molar-refractivity contribution is 9.10. The first kappa shape index (κ1) is 23.1. The topological polar surface area (TPSA) is 59.3 Å². The molecule has 0 aliphatic carbocycles. The van der Waals surface area contributed by atoms with Crippen molar-refractivity contribution in [3.8, 4) is 11.1 Å². The molecule has 0 saturated carbocycles. The molecule has 1 heterocycles. The summed E-state index contributed by atoms with van der Waals surface area (Å²) in [5, 5.41) is 11.6. The van der Waals surface area contributed by atoms with Crippen LogP contribution in [0.5, 0.6) is 0 Å². The molecular weight excluding hydrogens is 478 g/mol. The minimum absolute atomic E-state index is 0.0825. The fourth-order valence-corrected chi connectivity index (χ4v) is 4.49. The third kappa shape index (κ3) is 4.56. The highest BCUT2D eigenvalue weighted by Crippen LogP contribution is 2.33. The molecule has 1 aromatic heterocycles. The van der Waals surface area contributed by atoms with Crippen LogP contribution < -0.4 is 5.56 Å². The van der Waals surface area contributed by atoms with E-state index < -0.39 is 5.60 Å². The van der Waals surface area contributed by atoms with E-state index in [1.165, 1.54) is 0 Å². The summed E-state index contributed by atoms with van der Waals surface area (Å²) in [4.78, 5) is 26.9. The maximum absolute atomic E-state index is 13.7. The molecule has 0 aliphatic rings. The van der Waals surface area contributed by atoms with Gasteiger partial charge in [-0.25, -0.2) is 0 Å². The minimum Gasteiger partial charge on any atom is -0.386 e. The molecule has 1 N–H and O–H groups in total. The third-order valence-electron chi connectivity index (χ3n) is 5.88. The maximum Gasteiger partial charge on any atom is 0.259 e. The Labute approximate surface area is 201 Å². The first-order chi connectivity index (χ1) is 15.7. The van der Waals surface area contributed by atoms with Gasteiger partial charge in [0.2, 0.25) is 0 Å². The number of carbonyl (C=O) groups is 1. The number of hydrogen-bond acceptors (Lipinski definition) is 3. The number of carbonyl (C=O) groups excluding carboxylic acids is 1. The summed E-state index contributed by atoms with van der Waals surface area (Å²) in [6.07, 6.45) is 0.288. The minimum atomic E-state index is -0.949. The van der Waals surface area contributed by atoms with Gasteiger partial charge in [-0.3, -0.25) is 14.2 Å². The van der Waals surface area contributed by atoms with Crippen LogP contribution in [-0.4, -0.2) is 15.5 Å². The second kappa shape index (κ2) is 9.08. The summed E-state index contributed by atoms with van der Waals surface area (Å²) in [6, 6.07) is 22.8. The average molecular weight is 504 g/mol. The molecule has 0 aliphatic heterocycles. The molecule has 3 aromatic carbocycles. The molecular formula is C28H26BrNO3. The molecule has 0 saturated heterocycles. The van der Waals surface area contributed by atoms with Crippen LogP contribution in [0, 0.1) is 0 Å². The second-order valence-electron chi connectivity index (χ2n) is 8.70. The molecule has 4 rings (SSSR count). The molecule has 0 spiro atoms. The number of aromatic nitrogens is 1. The van der Waals surface area contributed by atoms with Crippen molar-refractivity contribution in [1.29, 1.82) is 0 Å². The van der Waals surface area contributed by atoms with Crippen molar-refractivity contribution in [1.82, 2.24) is 4.57 Å². The molecule has 0 unspecified atom stereocenters. The fourth-order valence-electron chi connectivity index (χ4n) is 4.13. The molecule has 0 fully saturated rings. The predicted molar refractivity (Wildman–Crippen MR) is 137 cm³/mol. The number of aliphatic hydroxyl groups is 1. The van der Waals surface area contributed by atoms with E-state index in [1.54, 1.807) is 18.4 Å². The largest absolute Gasteiger partial charge is 0.386 e. The van der Waals surface area contributed by atoms with Gasteiger partial charge in [0.15, 0.2) is 5.78 Å². The Morgan fingerprint density at radius 2 is 1.64 bits per heavy atom. The Balaban J connectivity index is 2.01. The normalized spacial score (nSPS) is 11.7. The van der Waals surface area contributed by atoms with Crippen molar-refractivity contribution >= 4 is 32.5 Å². The van der Waals surface area contributed by atoms with Crippen LogP contribution in [0.1, 0.15) is 48.8 Å². The van der Waals surface area contributed by atoms with Gasteiger partial charge >= 0.3 is 0 Å². The number of ketones is 1. The highest BCUT2D eigenvalue weighted by atomic mass is 79.9. The molecule has 0 amide bonds. The van der Waals surface area contributed by atoms with Crippen LogP contribution in [0.2, 0.25) is 0 Å². The Morgan fingerprint density at radius 3 is 2.24 bits per heavy atom. The SMILES string of the molecule is CCC(=O)c1c(-c2ccccc2)c2cc(Br)ccc2c(=O)n1Cc1ccc(C(C)(C)O)cc1. The van der Waals surface area contributed by atoms with Crippen LogP contribution in [0.25, 0.3) is 21.9 Å². The zero-order chi connectivity index (χ0) is 23.8. The van der Waals surface area contributed by atoms with Gasteiger partial charge in [0.25, 0.3) is 5.56 Å². The zero-order valence-electron chi connectivity index (χ0n) is 18.9. The highest BCUT2D eigenvalue weighted by Gasteiger charge is 2.23. The van der Waals surface area contributed by atoms with E-state index in [-0.39, 0.29) is 24.3 Å². The van der Waals surface area contributed by atoms with E-state index in [9.17, 15) is 14.7 Å². The van der Waals surface area contributed by atoms with E-state index in [2.05, 4.69) is 15.9 Å². The van der Waals surface area contributed by atoms with Gasteiger partial charge in [0.1, 0.15) is 0 Å². The Bertz CT molecular complexity index is 1380. The van der Waals surface area contributed by atoms with Gasteiger partial charge in [-0.05, 0) is 54.1 Å². The Hall–Kier alpha value is -3.02. The zero-order valence-corrected chi connectivity index (χ0v) is 20.5. The number of nitrogens with zero attached hydrogens (tertiary/aromatic N) is 1. The number of benzene rings is 3. The number of rotatable bonds is 6. The van der Waals surface area contributed by atoms with Crippen molar-refractivity contribution in [2.24, 2.45) is 0 Å². The number of halogens is 1. The van der Waals surface area contributed by atoms with Crippen molar-refractivity contribution in [2.45, 2.75) is 39.3 Å². The number of pyridine rings is 1. The van der Waals surface area contributed by atoms with Crippen LogP contribution in [0.3, 0.4) is 0 Å². The molecule has 0 bridgehead atoms. The maximum atomic E-state index is 13.7. The van der Waals surface area contributed by atoms with Gasteiger partial charge in [0, 0.05) is 21.8 Å². The van der Waals surface area contributed by atoms with E-state index in [0.29, 0.717) is 11.1 Å². The molecule has 4 aromatic rings. The van der Waals surface area contributed by atoms with Crippen LogP contribution in [0.4, 0.5) is 0 Å². The molecule has 0 atom stereocenters. The monoisotopic (exact) mass is 503 g/mol. The molecule has 168 valence electrons. The first-order valence-corrected chi connectivity index (χ1v) is 11.8. The first-order valence-electron chi connectivity index (χ1n) is 11.0. The van der Waals surface area contributed by atoms with E-state index >= 15 is 0 Å². The van der Waals surface area contributed by atoms with Crippen molar-refractivity contribution < 1.29 is 9.90 Å². The summed E-state index contributed by atoms with van der Waals surface area (Å²) in [7, 11) is 0. The van der Waals surface area contributed by atoms with E-state index in [1.807, 2.05) is 79.7 Å². The fraction of sp³-hybridized carbons (Fsp3) is 0.214. The Morgan fingerprint density at radius 1 is 0.970 bits per heavy atom. The van der Waals surface area contributed by atoms with E-state index in [4.69, 9.17) is 0 Å². The van der Waals surface area contributed by atoms with Crippen molar-refractivity contribution in [2.75, 3.05) is 0 Å². The van der Waals surface area contributed by atoms with Crippen LogP contribution in [0.15, 0.2) is 82.1 Å².